The predicted molar refractivity (Wildman–Crippen MR) is 99.2 cm³/mol. The lowest BCUT2D eigenvalue weighted by Crippen LogP contribution is -2.52. The van der Waals surface area contributed by atoms with Gasteiger partial charge in [0.25, 0.3) is 0 Å². The van der Waals surface area contributed by atoms with Crippen molar-refractivity contribution < 1.29 is 9.47 Å². The quantitative estimate of drug-likeness (QED) is 0.707. The smallest absolute Gasteiger partial charge is 0.172 e. The van der Waals surface area contributed by atoms with Crippen molar-refractivity contribution in [3.63, 3.8) is 0 Å². The molecular formula is C19H19N3O2S. The van der Waals surface area contributed by atoms with E-state index >= 15 is 0 Å². The van der Waals surface area contributed by atoms with Crippen LogP contribution >= 0.6 is 11.3 Å². The van der Waals surface area contributed by atoms with Crippen molar-refractivity contribution in [3.8, 4) is 10.7 Å². The molecule has 1 aromatic carbocycles. The van der Waals surface area contributed by atoms with Crippen LogP contribution < -0.4 is 4.90 Å². The number of morpholine rings is 1. The average molecular weight is 353 g/mol. The van der Waals surface area contributed by atoms with Crippen LogP contribution in [0.2, 0.25) is 0 Å². The van der Waals surface area contributed by atoms with Crippen LogP contribution in [0.5, 0.6) is 0 Å². The largest absolute Gasteiger partial charge is 0.378 e. The van der Waals surface area contributed by atoms with Crippen LogP contribution in [0.3, 0.4) is 0 Å². The number of hydrogen-bond donors (Lipinski definition) is 0. The van der Waals surface area contributed by atoms with Gasteiger partial charge in [-0.15, -0.1) is 11.3 Å². The molecular weight excluding hydrogens is 334 g/mol. The molecule has 6 heteroatoms. The third-order valence-corrected chi connectivity index (χ3v) is 5.81. The fourth-order valence-electron chi connectivity index (χ4n) is 3.67. The summed E-state index contributed by atoms with van der Waals surface area (Å²) in [6, 6.07) is 12.4. The zero-order valence-corrected chi connectivity index (χ0v) is 14.7. The van der Waals surface area contributed by atoms with Crippen molar-refractivity contribution in [1.29, 1.82) is 0 Å². The summed E-state index contributed by atoms with van der Waals surface area (Å²) in [5.74, 6) is 1.80. The van der Waals surface area contributed by atoms with E-state index in [1.165, 1.54) is 0 Å². The molecule has 0 radical (unpaired) electrons. The summed E-state index contributed by atoms with van der Waals surface area (Å²) in [5.41, 5.74) is 0.798. The van der Waals surface area contributed by atoms with Crippen LogP contribution in [0.15, 0.2) is 41.8 Å². The molecule has 1 spiro atoms. The maximum absolute atomic E-state index is 6.08. The maximum Gasteiger partial charge on any atom is 0.172 e. The molecule has 0 bridgehead atoms. The second-order valence-electron chi connectivity index (χ2n) is 6.62. The molecule has 2 saturated heterocycles. The van der Waals surface area contributed by atoms with Gasteiger partial charge in [0.05, 0.1) is 30.2 Å². The van der Waals surface area contributed by atoms with Crippen molar-refractivity contribution in [3.05, 3.63) is 41.8 Å². The van der Waals surface area contributed by atoms with E-state index < -0.39 is 0 Å². The van der Waals surface area contributed by atoms with E-state index in [0.29, 0.717) is 13.2 Å². The van der Waals surface area contributed by atoms with E-state index in [4.69, 9.17) is 19.4 Å². The van der Waals surface area contributed by atoms with Gasteiger partial charge < -0.3 is 14.4 Å². The van der Waals surface area contributed by atoms with Gasteiger partial charge in [0.2, 0.25) is 0 Å². The number of hydrogen-bond acceptors (Lipinski definition) is 6. The minimum Gasteiger partial charge on any atom is -0.378 e. The Morgan fingerprint density at radius 3 is 2.88 bits per heavy atom. The third kappa shape index (κ3) is 2.70. The van der Waals surface area contributed by atoms with E-state index in [1.807, 2.05) is 12.1 Å². The third-order valence-electron chi connectivity index (χ3n) is 4.94. The molecule has 0 N–H and O–H groups in total. The number of fused-ring (bicyclic) bond motifs is 1. The van der Waals surface area contributed by atoms with Gasteiger partial charge in [-0.05, 0) is 23.6 Å². The first-order valence-corrected chi connectivity index (χ1v) is 9.48. The average Bonchev–Trinajstić information content (AvgIpc) is 3.33. The highest BCUT2D eigenvalue weighted by atomic mass is 32.1. The lowest BCUT2D eigenvalue weighted by atomic mass is 10.0. The number of nitrogens with zero attached hydrogens (tertiary/aromatic N) is 3. The molecule has 4 heterocycles. The first-order chi connectivity index (χ1) is 12.3. The number of rotatable bonds is 2. The van der Waals surface area contributed by atoms with Gasteiger partial charge in [0, 0.05) is 25.0 Å². The van der Waals surface area contributed by atoms with Crippen molar-refractivity contribution in [2.24, 2.45) is 0 Å². The van der Waals surface area contributed by atoms with Gasteiger partial charge in [0.1, 0.15) is 11.4 Å². The minimum absolute atomic E-state index is 0.187. The van der Waals surface area contributed by atoms with E-state index in [1.54, 1.807) is 11.3 Å². The van der Waals surface area contributed by atoms with Crippen molar-refractivity contribution >= 4 is 28.1 Å². The first-order valence-electron chi connectivity index (χ1n) is 8.60. The molecule has 0 amide bonds. The van der Waals surface area contributed by atoms with Gasteiger partial charge in [-0.1, -0.05) is 18.2 Å². The summed E-state index contributed by atoms with van der Waals surface area (Å²) in [4.78, 5) is 13.2. The molecule has 5 rings (SSSR count). The molecule has 0 aliphatic carbocycles. The molecule has 0 saturated carbocycles. The SMILES string of the molecule is c1csc(-c2nc(N3CCOC4(CCOC4)C3)c3ccccc3n2)c1. The molecule has 2 fully saturated rings. The highest BCUT2D eigenvalue weighted by Gasteiger charge is 2.41. The first kappa shape index (κ1) is 15.3. The Kier molecular flexibility index (Phi) is 3.69. The van der Waals surface area contributed by atoms with Gasteiger partial charge in [-0.25, -0.2) is 9.97 Å². The van der Waals surface area contributed by atoms with Gasteiger partial charge >= 0.3 is 0 Å². The van der Waals surface area contributed by atoms with E-state index in [-0.39, 0.29) is 5.60 Å². The summed E-state index contributed by atoms with van der Waals surface area (Å²) >= 11 is 1.67. The zero-order valence-electron chi connectivity index (χ0n) is 13.9. The molecule has 2 aromatic heterocycles. The molecule has 25 heavy (non-hydrogen) atoms. The van der Waals surface area contributed by atoms with Crippen molar-refractivity contribution in [2.75, 3.05) is 37.8 Å². The Morgan fingerprint density at radius 1 is 1.08 bits per heavy atom. The summed E-state index contributed by atoms with van der Waals surface area (Å²) in [7, 11) is 0. The summed E-state index contributed by atoms with van der Waals surface area (Å²) in [6.45, 7) is 3.81. The number of ether oxygens (including phenoxy) is 2. The molecule has 2 aliphatic rings. The highest BCUT2D eigenvalue weighted by Crippen LogP contribution is 2.34. The van der Waals surface area contributed by atoms with Crippen molar-refractivity contribution in [2.45, 2.75) is 12.0 Å². The monoisotopic (exact) mass is 353 g/mol. The Balaban J connectivity index is 1.61. The van der Waals surface area contributed by atoms with Crippen LogP contribution in [0.25, 0.3) is 21.6 Å². The summed E-state index contributed by atoms with van der Waals surface area (Å²) in [6.07, 6.45) is 0.949. The second-order valence-corrected chi connectivity index (χ2v) is 7.57. The minimum atomic E-state index is -0.187. The maximum atomic E-state index is 6.08. The predicted octanol–water partition coefficient (Wildman–Crippen LogP) is 3.35. The number of aromatic nitrogens is 2. The summed E-state index contributed by atoms with van der Waals surface area (Å²) in [5, 5.41) is 3.16. The van der Waals surface area contributed by atoms with E-state index in [0.717, 1.165) is 53.5 Å². The fraction of sp³-hybridized carbons (Fsp3) is 0.368. The Labute approximate surface area is 150 Å². The number of thiophene rings is 1. The van der Waals surface area contributed by atoms with E-state index in [9.17, 15) is 0 Å². The lowest BCUT2D eigenvalue weighted by molar-refractivity contribution is -0.0580. The van der Waals surface area contributed by atoms with Crippen LogP contribution in [-0.4, -0.2) is 48.5 Å². The molecule has 2 aliphatic heterocycles. The number of benzene rings is 1. The molecule has 3 aromatic rings. The van der Waals surface area contributed by atoms with E-state index in [2.05, 4.69) is 34.5 Å². The zero-order chi connectivity index (χ0) is 16.7. The Bertz CT molecular complexity index is 891. The van der Waals surface area contributed by atoms with Gasteiger partial charge in [-0.3, -0.25) is 0 Å². The number of anilines is 1. The van der Waals surface area contributed by atoms with Crippen LogP contribution in [-0.2, 0) is 9.47 Å². The van der Waals surface area contributed by atoms with Crippen LogP contribution in [0, 0.1) is 0 Å². The second kappa shape index (κ2) is 6.05. The molecule has 128 valence electrons. The lowest BCUT2D eigenvalue weighted by Gasteiger charge is -2.40. The normalized spacial score (nSPS) is 23.6. The summed E-state index contributed by atoms with van der Waals surface area (Å²) < 4.78 is 11.7. The molecule has 1 atom stereocenters. The van der Waals surface area contributed by atoms with Crippen LogP contribution in [0.1, 0.15) is 6.42 Å². The Hall–Kier alpha value is -2.02. The Morgan fingerprint density at radius 2 is 2.04 bits per heavy atom. The fourth-order valence-corrected chi connectivity index (χ4v) is 4.33. The topological polar surface area (TPSA) is 47.5 Å². The molecule has 1 unspecified atom stereocenters. The highest BCUT2D eigenvalue weighted by molar-refractivity contribution is 7.13. The standard InChI is InChI=1S/C19H19N3O2S/c1-2-5-15-14(4-1)18(21-17(20-15)16-6-3-11-25-16)22-8-10-24-19(12-22)7-9-23-13-19/h1-6,11H,7-10,12-13H2. The molecule has 5 nitrogen and oxygen atoms in total. The van der Waals surface area contributed by atoms with Crippen molar-refractivity contribution in [1.82, 2.24) is 9.97 Å². The number of para-hydroxylation sites is 1. The van der Waals surface area contributed by atoms with Gasteiger partial charge in [0.15, 0.2) is 5.82 Å². The van der Waals surface area contributed by atoms with Gasteiger partial charge in [-0.2, -0.15) is 0 Å². The van der Waals surface area contributed by atoms with Crippen LogP contribution in [0.4, 0.5) is 5.82 Å².